The molecule has 4 nitrogen and oxygen atoms in total. The number of carbonyl (C=O) groups excluding carboxylic acids is 1. The van der Waals surface area contributed by atoms with Gasteiger partial charge in [0.2, 0.25) is 6.79 Å². The first kappa shape index (κ1) is 14.1. The molecule has 2 aliphatic rings. The second-order valence-electron chi connectivity index (χ2n) is 6.07. The molecule has 4 heteroatoms. The fraction of sp³-hybridized carbons (Fsp3) is 0.316. The van der Waals surface area contributed by atoms with Crippen LogP contribution in [-0.2, 0) is 6.42 Å². The number of hydrogen-bond donors (Lipinski definition) is 1. The number of ether oxygens (including phenoxy) is 2. The number of amides is 1. The third kappa shape index (κ3) is 2.77. The lowest BCUT2D eigenvalue weighted by Gasteiger charge is -2.25. The monoisotopic (exact) mass is 309 g/mol. The predicted octanol–water partition coefficient (Wildman–Crippen LogP) is 3.27. The molecule has 1 heterocycles. The number of rotatable bonds is 3. The van der Waals surface area contributed by atoms with Gasteiger partial charge in [0.15, 0.2) is 11.5 Å². The van der Waals surface area contributed by atoms with Gasteiger partial charge in [-0.1, -0.05) is 24.3 Å². The Morgan fingerprint density at radius 1 is 1.13 bits per heavy atom. The first-order valence-corrected chi connectivity index (χ1v) is 8.07. The van der Waals surface area contributed by atoms with Gasteiger partial charge in [0.25, 0.3) is 5.91 Å². The van der Waals surface area contributed by atoms with Gasteiger partial charge in [-0.15, -0.1) is 0 Å². The van der Waals surface area contributed by atoms with Crippen LogP contribution in [0.25, 0.3) is 0 Å². The molecule has 0 saturated heterocycles. The van der Waals surface area contributed by atoms with Gasteiger partial charge in [-0.2, -0.15) is 0 Å². The summed E-state index contributed by atoms with van der Waals surface area (Å²) in [7, 11) is 0. The number of aryl methyl sites for hydroxylation is 1. The third-order valence-corrected chi connectivity index (χ3v) is 4.64. The van der Waals surface area contributed by atoms with Gasteiger partial charge in [0.1, 0.15) is 0 Å². The van der Waals surface area contributed by atoms with E-state index in [2.05, 4.69) is 29.6 Å². The standard InChI is InChI=1S/C19H19NO3/c21-19(14-8-9-17-18(10-14)23-12-22-17)20-11-15-6-3-5-13-4-1-2-7-16(13)15/h1-2,4,7-10,15H,3,5-6,11-12H2,(H,20,21). The van der Waals surface area contributed by atoms with Gasteiger partial charge in [-0.25, -0.2) is 0 Å². The molecule has 1 N–H and O–H groups in total. The molecule has 1 atom stereocenters. The van der Waals surface area contributed by atoms with Crippen LogP contribution in [0, 0.1) is 0 Å². The van der Waals surface area contributed by atoms with Crippen LogP contribution in [0.4, 0.5) is 0 Å². The Bertz CT molecular complexity index is 741. The van der Waals surface area contributed by atoms with Crippen molar-refractivity contribution in [2.75, 3.05) is 13.3 Å². The average molecular weight is 309 g/mol. The van der Waals surface area contributed by atoms with Crippen molar-refractivity contribution in [3.05, 3.63) is 59.2 Å². The Kier molecular flexibility index (Phi) is 3.66. The van der Waals surface area contributed by atoms with Crippen molar-refractivity contribution >= 4 is 5.91 Å². The molecule has 2 aromatic rings. The minimum atomic E-state index is -0.0636. The van der Waals surface area contributed by atoms with Crippen molar-refractivity contribution in [3.8, 4) is 11.5 Å². The van der Waals surface area contributed by atoms with Crippen molar-refractivity contribution < 1.29 is 14.3 Å². The summed E-state index contributed by atoms with van der Waals surface area (Å²) in [4.78, 5) is 12.4. The zero-order valence-electron chi connectivity index (χ0n) is 12.9. The molecule has 0 spiro atoms. The van der Waals surface area contributed by atoms with E-state index in [1.54, 1.807) is 18.2 Å². The number of nitrogens with one attached hydrogen (secondary N) is 1. The van der Waals surface area contributed by atoms with Crippen LogP contribution < -0.4 is 14.8 Å². The molecule has 0 bridgehead atoms. The Balaban J connectivity index is 1.44. The van der Waals surface area contributed by atoms with E-state index in [0.717, 1.165) is 12.8 Å². The minimum absolute atomic E-state index is 0.0636. The van der Waals surface area contributed by atoms with Gasteiger partial charge >= 0.3 is 0 Å². The molecule has 0 fully saturated rings. The van der Waals surface area contributed by atoms with Crippen molar-refractivity contribution in [1.29, 1.82) is 0 Å². The molecule has 1 aliphatic carbocycles. The van der Waals surface area contributed by atoms with Crippen LogP contribution in [0.2, 0.25) is 0 Å². The lowest BCUT2D eigenvalue weighted by Crippen LogP contribution is -2.29. The molecule has 0 radical (unpaired) electrons. The smallest absolute Gasteiger partial charge is 0.251 e. The first-order valence-electron chi connectivity index (χ1n) is 8.07. The Hall–Kier alpha value is -2.49. The summed E-state index contributed by atoms with van der Waals surface area (Å²) in [5.74, 6) is 1.67. The normalized spacial score (nSPS) is 18.3. The van der Waals surface area contributed by atoms with Crippen LogP contribution in [-0.4, -0.2) is 19.2 Å². The second-order valence-corrected chi connectivity index (χ2v) is 6.07. The highest BCUT2D eigenvalue weighted by atomic mass is 16.7. The van der Waals surface area contributed by atoms with Crippen molar-refractivity contribution in [3.63, 3.8) is 0 Å². The highest BCUT2D eigenvalue weighted by molar-refractivity contribution is 5.95. The summed E-state index contributed by atoms with van der Waals surface area (Å²) in [6.07, 6.45) is 3.45. The molecule has 4 rings (SSSR count). The van der Waals surface area contributed by atoms with Crippen molar-refractivity contribution in [2.24, 2.45) is 0 Å². The van der Waals surface area contributed by atoms with E-state index in [0.29, 0.717) is 29.5 Å². The van der Waals surface area contributed by atoms with E-state index < -0.39 is 0 Å². The maximum absolute atomic E-state index is 12.4. The zero-order valence-corrected chi connectivity index (χ0v) is 12.9. The Morgan fingerprint density at radius 2 is 2.00 bits per heavy atom. The van der Waals surface area contributed by atoms with Gasteiger partial charge < -0.3 is 14.8 Å². The van der Waals surface area contributed by atoms with Crippen LogP contribution in [0.1, 0.15) is 40.2 Å². The average Bonchev–Trinajstić information content (AvgIpc) is 3.07. The lowest BCUT2D eigenvalue weighted by atomic mass is 9.83. The highest BCUT2D eigenvalue weighted by Crippen LogP contribution is 2.33. The molecule has 23 heavy (non-hydrogen) atoms. The summed E-state index contributed by atoms with van der Waals surface area (Å²) >= 11 is 0. The molecule has 1 aliphatic heterocycles. The topological polar surface area (TPSA) is 47.6 Å². The molecule has 0 saturated carbocycles. The Labute approximate surface area is 135 Å². The summed E-state index contributed by atoms with van der Waals surface area (Å²) in [5, 5.41) is 3.07. The van der Waals surface area contributed by atoms with Gasteiger partial charge in [-0.05, 0) is 48.6 Å². The fourth-order valence-corrected chi connectivity index (χ4v) is 3.42. The van der Waals surface area contributed by atoms with E-state index in [1.807, 2.05) is 0 Å². The second kappa shape index (κ2) is 5.95. The van der Waals surface area contributed by atoms with Crippen LogP contribution in [0.3, 0.4) is 0 Å². The fourth-order valence-electron chi connectivity index (χ4n) is 3.42. The summed E-state index contributed by atoms with van der Waals surface area (Å²) < 4.78 is 10.6. The minimum Gasteiger partial charge on any atom is -0.454 e. The summed E-state index contributed by atoms with van der Waals surface area (Å²) in [6, 6.07) is 13.9. The molecular formula is C19H19NO3. The van der Waals surface area contributed by atoms with E-state index in [9.17, 15) is 4.79 Å². The number of benzene rings is 2. The molecule has 1 unspecified atom stereocenters. The number of fused-ring (bicyclic) bond motifs is 2. The SMILES string of the molecule is O=C(NCC1CCCc2ccccc21)c1ccc2c(c1)OCO2. The van der Waals surface area contributed by atoms with E-state index in [-0.39, 0.29) is 12.7 Å². The highest BCUT2D eigenvalue weighted by Gasteiger charge is 2.21. The lowest BCUT2D eigenvalue weighted by molar-refractivity contribution is 0.0950. The van der Waals surface area contributed by atoms with E-state index >= 15 is 0 Å². The molecule has 0 aromatic heterocycles. The number of carbonyl (C=O) groups is 1. The molecule has 1 amide bonds. The van der Waals surface area contributed by atoms with Crippen LogP contribution in [0.5, 0.6) is 11.5 Å². The van der Waals surface area contributed by atoms with Crippen molar-refractivity contribution in [1.82, 2.24) is 5.32 Å². The quantitative estimate of drug-likeness (QED) is 0.946. The molecule has 2 aromatic carbocycles. The maximum atomic E-state index is 12.4. The summed E-state index contributed by atoms with van der Waals surface area (Å²) in [6.45, 7) is 0.892. The van der Waals surface area contributed by atoms with Crippen LogP contribution in [0.15, 0.2) is 42.5 Å². The van der Waals surface area contributed by atoms with E-state index in [1.165, 1.54) is 17.5 Å². The molecule has 118 valence electrons. The molecular weight excluding hydrogens is 290 g/mol. The van der Waals surface area contributed by atoms with Crippen molar-refractivity contribution in [2.45, 2.75) is 25.2 Å². The van der Waals surface area contributed by atoms with Gasteiger partial charge in [0, 0.05) is 18.0 Å². The van der Waals surface area contributed by atoms with E-state index in [4.69, 9.17) is 9.47 Å². The summed E-state index contributed by atoms with van der Waals surface area (Å²) in [5.41, 5.74) is 3.41. The van der Waals surface area contributed by atoms with Crippen LogP contribution >= 0.6 is 0 Å². The zero-order chi connectivity index (χ0) is 15.6. The first-order chi connectivity index (χ1) is 11.3. The van der Waals surface area contributed by atoms with Gasteiger partial charge in [0.05, 0.1) is 0 Å². The predicted molar refractivity (Wildman–Crippen MR) is 87.0 cm³/mol. The maximum Gasteiger partial charge on any atom is 0.251 e. The Morgan fingerprint density at radius 3 is 2.96 bits per heavy atom. The number of hydrogen-bond acceptors (Lipinski definition) is 3. The largest absolute Gasteiger partial charge is 0.454 e. The third-order valence-electron chi connectivity index (χ3n) is 4.64. The van der Waals surface area contributed by atoms with Gasteiger partial charge in [-0.3, -0.25) is 4.79 Å².